The number of hydrogen-bond acceptors (Lipinski definition) is 8. The Morgan fingerprint density at radius 3 is 2.43 bits per heavy atom. The molecule has 30 heavy (non-hydrogen) atoms. The summed E-state index contributed by atoms with van der Waals surface area (Å²) < 4.78 is 5.79. The van der Waals surface area contributed by atoms with Gasteiger partial charge in [0.2, 0.25) is 5.13 Å². The van der Waals surface area contributed by atoms with Crippen LogP contribution >= 0.6 is 23.1 Å². The second-order valence-corrected chi connectivity index (χ2v) is 9.02. The Labute approximate surface area is 183 Å². The van der Waals surface area contributed by atoms with Gasteiger partial charge < -0.3 is 15.0 Å². The van der Waals surface area contributed by atoms with Crippen molar-refractivity contribution in [2.24, 2.45) is 0 Å². The monoisotopic (exact) mass is 444 g/mol. The molecule has 1 aromatic carbocycles. The van der Waals surface area contributed by atoms with Crippen LogP contribution in [0.1, 0.15) is 50.2 Å². The van der Waals surface area contributed by atoms with E-state index in [1.54, 1.807) is 20.8 Å². The molecule has 0 radical (unpaired) electrons. The Morgan fingerprint density at radius 1 is 1.10 bits per heavy atom. The van der Waals surface area contributed by atoms with Gasteiger partial charge in [-0.1, -0.05) is 41.3 Å². The molecular weight excluding hydrogens is 420 g/mol. The van der Waals surface area contributed by atoms with Gasteiger partial charge in [0.1, 0.15) is 0 Å². The normalized spacial score (nSPS) is 10.8. The van der Waals surface area contributed by atoms with Crippen LogP contribution in [0, 0.1) is 27.7 Å². The van der Waals surface area contributed by atoms with E-state index in [0.29, 0.717) is 32.0 Å². The second kappa shape index (κ2) is 9.44. The van der Waals surface area contributed by atoms with Crippen LogP contribution in [-0.4, -0.2) is 39.3 Å². The van der Waals surface area contributed by atoms with Crippen molar-refractivity contribution in [3.8, 4) is 0 Å². The molecule has 7 nitrogen and oxygen atoms in total. The van der Waals surface area contributed by atoms with Crippen molar-refractivity contribution >= 4 is 45.7 Å². The SMILES string of the molecule is CCOC(=O)c1c(C)[nH]c(C)c1C(=O)CSc1nnc(Nc2c(C)cccc2C)s1. The molecule has 3 rings (SSSR count). The first-order valence-corrected chi connectivity index (χ1v) is 11.3. The number of para-hydroxylation sites is 1. The van der Waals surface area contributed by atoms with Crippen molar-refractivity contribution in [3.63, 3.8) is 0 Å². The molecule has 158 valence electrons. The van der Waals surface area contributed by atoms with E-state index in [0.717, 1.165) is 16.8 Å². The molecule has 0 saturated carbocycles. The summed E-state index contributed by atoms with van der Waals surface area (Å²) >= 11 is 2.69. The Morgan fingerprint density at radius 2 is 1.77 bits per heavy atom. The number of ketones is 1. The number of rotatable bonds is 8. The number of ether oxygens (including phenoxy) is 1. The Bertz CT molecular complexity index is 1070. The molecule has 0 bridgehead atoms. The minimum atomic E-state index is -0.483. The van der Waals surface area contributed by atoms with Gasteiger partial charge in [0, 0.05) is 17.1 Å². The topological polar surface area (TPSA) is 97.0 Å². The van der Waals surface area contributed by atoms with Crippen molar-refractivity contribution in [3.05, 3.63) is 51.8 Å². The van der Waals surface area contributed by atoms with E-state index >= 15 is 0 Å². The number of hydrogen-bond donors (Lipinski definition) is 2. The molecule has 0 aliphatic heterocycles. The largest absolute Gasteiger partial charge is 0.462 e. The third kappa shape index (κ3) is 4.73. The number of carbonyl (C=O) groups excluding carboxylic acids is 2. The molecule has 9 heteroatoms. The molecule has 3 aromatic rings. The first-order valence-electron chi connectivity index (χ1n) is 9.50. The van der Waals surface area contributed by atoms with Gasteiger partial charge in [0.25, 0.3) is 0 Å². The molecule has 0 spiro atoms. The van der Waals surface area contributed by atoms with Crippen LogP contribution in [0.2, 0.25) is 0 Å². The third-order valence-electron chi connectivity index (χ3n) is 4.58. The van der Waals surface area contributed by atoms with E-state index in [4.69, 9.17) is 4.74 Å². The van der Waals surface area contributed by atoms with Gasteiger partial charge in [-0.2, -0.15) is 0 Å². The Balaban J connectivity index is 1.70. The lowest BCUT2D eigenvalue weighted by Crippen LogP contribution is -2.13. The molecule has 0 fully saturated rings. The lowest BCUT2D eigenvalue weighted by molar-refractivity contribution is 0.0522. The highest BCUT2D eigenvalue weighted by atomic mass is 32.2. The number of Topliss-reactive ketones (excluding diaryl/α,β-unsaturated/α-hetero) is 1. The minimum absolute atomic E-state index is 0.149. The van der Waals surface area contributed by atoms with Gasteiger partial charge >= 0.3 is 5.97 Å². The molecule has 0 saturated heterocycles. The predicted octanol–water partition coefficient (Wildman–Crippen LogP) is 5.00. The smallest absolute Gasteiger partial charge is 0.340 e. The summed E-state index contributed by atoms with van der Waals surface area (Å²) in [5.74, 6) is -0.476. The quantitative estimate of drug-likeness (QED) is 0.287. The average molecular weight is 445 g/mol. The highest BCUT2D eigenvalue weighted by Gasteiger charge is 2.25. The van der Waals surface area contributed by atoms with Crippen LogP contribution in [0.4, 0.5) is 10.8 Å². The third-order valence-corrected chi connectivity index (χ3v) is 6.55. The van der Waals surface area contributed by atoms with Gasteiger partial charge in [0.15, 0.2) is 10.1 Å². The zero-order chi connectivity index (χ0) is 21.8. The van der Waals surface area contributed by atoms with Crippen molar-refractivity contribution in [1.29, 1.82) is 0 Å². The zero-order valence-electron chi connectivity index (χ0n) is 17.6. The van der Waals surface area contributed by atoms with E-state index in [2.05, 4.69) is 20.5 Å². The van der Waals surface area contributed by atoms with Crippen LogP contribution in [0.15, 0.2) is 22.5 Å². The van der Waals surface area contributed by atoms with Crippen molar-refractivity contribution in [1.82, 2.24) is 15.2 Å². The van der Waals surface area contributed by atoms with Crippen molar-refractivity contribution in [2.45, 2.75) is 39.0 Å². The van der Waals surface area contributed by atoms with Gasteiger partial charge in [-0.3, -0.25) is 4.79 Å². The summed E-state index contributed by atoms with van der Waals surface area (Å²) in [6, 6.07) is 6.08. The van der Waals surface area contributed by atoms with E-state index in [1.165, 1.54) is 23.1 Å². The number of anilines is 2. The van der Waals surface area contributed by atoms with Crippen molar-refractivity contribution < 1.29 is 14.3 Å². The average Bonchev–Trinajstić information content (AvgIpc) is 3.26. The van der Waals surface area contributed by atoms with Gasteiger partial charge in [0.05, 0.1) is 23.5 Å². The van der Waals surface area contributed by atoms with E-state index in [-0.39, 0.29) is 18.1 Å². The number of esters is 1. The Kier molecular flexibility index (Phi) is 6.94. The standard InChI is InChI=1S/C21H24N4O3S2/c1-6-28-19(27)17-14(5)22-13(4)16(17)15(26)10-29-21-25-24-20(30-21)23-18-11(2)8-7-9-12(18)3/h7-9,22H,6,10H2,1-5H3,(H,23,24). The summed E-state index contributed by atoms with van der Waals surface area (Å²) in [5.41, 5.74) is 5.26. The molecule has 2 heterocycles. The second-order valence-electron chi connectivity index (χ2n) is 6.82. The number of H-pyrrole nitrogens is 1. The van der Waals surface area contributed by atoms with Gasteiger partial charge in [-0.05, 0) is 45.7 Å². The molecule has 0 aliphatic rings. The van der Waals surface area contributed by atoms with Crippen LogP contribution in [0.5, 0.6) is 0 Å². The zero-order valence-corrected chi connectivity index (χ0v) is 19.2. The summed E-state index contributed by atoms with van der Waals surface area (Å²) in [5, 5.41) is 12.3. The van der Waals surface area contributed by atoms with Crippen LogP contribution in [0.3, 0.4) is 0 Å². The van der Waals surface area contributed by atoms with E-state index in [1.807, 2.05) is 32.0 Å². The van der Waals surface area contributed by atoms with E-state index in [9.17, 15) is 9.59 Å². The predicted molar refractivity (Wildman–Crippen MR) is 120 cm³/mol. The molecule has 0 amide bonds. The van der Waals surface area contributed by atoms with Gasteiger partial charge in [-0.25, -0.2) is 4.79 Å². The number of nitrogens with zero attached hydrogens (tertiary/aromatic N) is 2. The molecule has 2 N–H and O–H groups in total. The Hall–Kier alpha value is -2.65. The fourth-order valence-electron chi connectivity index (χ4n) is 3.22. The number of aromatic nitrogens is 3. The molecular formula is C21H24N4O3S2. The maximum Gasteiger partial charge on any atom is 0.340 e. The van der Waals surface area contributed by atoms with Gasteiger partial charge in [-0.15, -0.1) is 10.2 Å². The molecule has 0 unspecified atom stereocenters. The first kappa shape index (κ1) is 22.0. The number of thioether (sulfide) groups is 1. The van der Waals surface area contributed by atoms with Crippen LogP contribution in [0.25, 0.3) is 0 Å². The molecule has 2 aromatic heterocycles. The number of aromatic amines is 1. The highest BCUT2D eigenvalue weighted by molar-refractivity contribution is 8.01. The van der Waals surface area contributed by atoms with Crippen LogP contribution in [-0.2, 0) is 4.74 Å². The maximum absolute atomic E-state index is 12.9. The summed E-state index contributed by atoms with van der Waals surface area (Å²) in [6.07, 6.45) is 0. The van der Waals surface area contributed by atoms with E-state index < -0.39 is 5.97 Å². The number of aryl methyl sites for hydroxylation is 4. The molecule has 0 atom stereocenters. The summed E-state index contributed by atoms with van der Waals surface area (Å²) in [4.78, 5) is 28.2. The van der Waals surface area contributed by atoms with Crippen LogP contribution < -0.4 is 5.32 Å². The number of benzene rings is 1. The van der Waals surface area contributed by atoms with Crippen molar-refractivity contribution in [2.75, 3.05) is 17.7 Å². The summed E-state index contributed by atoms with van der Waals surface area (Å²) in [6.45, 7) is 9.61. The highest BCUT2D eigenvalue weighted by Crippen LogP contribution is 2.31. The first-order chi connectivity index (χ1) is 14.3. The fourth-order valence-corrected chi connectivity index (χ4v) is 4.85. The number of nitrogens with one attached hydrogen (secondary N) is 2. The fraction of sp³-hybridized carbons (Fsp3) is 0.333. The maximum atomic E-state index is 12.9. The lowest BCUT2D eigenvalue weighted by atomic mass is 10.1. The lowest BCUT2D eigenvalue weighted by Gasteiger charge is -2.09. The minimum Gasteiger partial charge on any atom is -0.462 e. The summed E-state index contributed by atoms with van der Waals surface area (Å²) in [7, 11) is 0. The molecule has 0 aliphatic carbocycles. The number of carbonyl (C=O) groups is 2.